The third kappa shape index (κ3) is 3.59. The Balaban J connectivity index is 1.61. The summed E-state index contributed by atoms with van der Waals surface area (Å²) in [6.45, 7) is 0.319. The van der Waals surface area contributed by atoms with Crippen molar-refractivity contribution in [3.05, 3.63) is 29.6 Å². The number of carbonyl (C=O) groups is 1. The lowest BCUT2D eigenvalue weighted by molar-refractivity contribution is -0.119. The fraction of sp³-hybridized carbons (Fsp3) is 0.333. The molecule has 1 aliphatic rings. The van der Waals surface area contributed by atoms with E-state index >= 15 is 0 Å². The first kappa shape index (κ1) is 20.1. The van der Waals surface area contributed by atoms with Crippen LogP contribution in [0, 0.1) is 0 Å². The maximum absolute atomic E-state index is 12.9. The molecule has 1 N–H and O–H groups in total. The maximum atomic E-state index is 12.9. The summed E-state index contributed by atoms with van der Waals surface area (Å²) in [4.78, 5) is 17.4. The standard InChI is InChI=1S/C18H19N3O5S3/c1-25-12-7-8-13(26-2)16-15(12)19-18(28-16)20-17(22)11-5-3-9-21(11)29(23,24)14-6-4-10-27-14/h4,6-8,10-11H,3,5,9H2,1-2H3,(H,19,20,22)/t11-/m1/s1. The minimum atomic E-state index is -3.69. The van der Waals surface area contributed by atoms with Gasteiger partial charge in [-0.1, -0.05) is 17.4 Å². The van der Waals surface area contributed by atoms with Crippen LogP contribution in [0.2, 0.25) is 0 Å². The molecular formula is C18H19N3O5S3. The summed E-state index contributed by atoms with van der Waals surface area (Å²) < 4.78 is 38.7. The number of anilines is 1. The number of nitrogens with one attached hydrogen (secondary N) is 1. The van der Waals surface area contributed by atoms with E-state index < -0.39 is 16.1 Å². The Morgan fingerprint density at radius 1 is 1.24 bits per heavy atom. The summed E-state index contributed by atoms with van der Waals surface area (Å²) in [5.41, 5.74) is 0.585. The molecule has 2 aromatic heterocycles. The third-order valence-electron chi connectivity index (χ3n) is 4.70. The van der Waals surface area contributed by atoms with Gasteiger partial charge in [-0.3, -0.25) is 4.79 Å². The number of ether oxygens (including phenoxy) is 2. The van der Waals surface area contributed by atoms with Gasteiger partial charge in [0.1, 0.15) is 32.0 Å². The molecule has 1 aliphatic heterocycles. The zero-order valence-electron chi connectivity index (χ0n) is 15.7. The molecule has 29 heavy (non-hydrogen) atoms. The smallest absolute Gasteiger partial charge is 0.253 e. The van der Waals surface area contributed by atoms with Crippen LogP contribution in [0.3, 0.4) is 0 Å². The zero-order valence-corrected chi connectivity index (χ0v) is 18.2. The molecule has 1 atom stereocenters. The largest absolute Gasteiger partial charge is 0.495 e. The van der Waals surface area contributed by atoms with E-state index in [9.17, 15) is 13.2 Å². The number of hydrogen-bond acceptors (Lipinski definition) is 8. The molecule has 154 valence electrons. The number of hydrogen-bond donors (Lipinski definition) is 1. The van der Waals surface area contributed by atoms with Crippen molar-refractivity contribution in [2.24, 2.45) is 0 Å². The second-order valence-corrected chi connectivity index (χ2v) is 10.4. The fourth-order valence-corrected chi connectivity index (χ4v) is 7.10. The van der Waals surface area contributed by atoms with E-state index in [1.807, 2.05) is 0 Å². The molecule has 11 heteroatoms. The normalized spacial score (nSPS) is 17.5. The maximum Gasteiger partial charge on any atom is 0.253 e. The molecule has 1 aromatic carbocycles. The predicted molar refractivity (Wildman–Crippen MR) is 113 cm³/mol. The van der Waals surface area contributed by atoms with Crippen LogP contribution in [0.4, 0.5) is 5.13 Å². The number of aromatic nitrogens is 1. The van der Waals surface area contributed by atoms with Crippen LogP contribution in [0.25, 0.3) is 10.2 Å². The molecule has 0 radical (unpaired) electrons. The summed E-state index contributed by atoms with van der Waals surface area (Å²) in [6.07, 6.45) is 1.10. The fourth-order valence-electron chi connectivity index (χ4n) is 3.34. The van der Waals surface area contributed by atoms with E-state index in [0.29, 0.717) is 41.5 Å². The highest BCUT2D eigenvalue weighted by atomic mass is 32.2. The van der Waals surface area contributed by atoms with Gasteiger partial charge >= 0.3 is 0 Å². The van der Waals surface area contributed by atoms with Crippen LogP contribution in [0.5, 0.6) is 11.5 Å². The Bertz CT molecular complexity index is 1100. The van der Waals surface area contributed by atoms with Gasteiger partial charge in [-0.25, -0.2) is 13.4 Å². The molecule has 1 amide bonds. The summed E-state index contributed by atoms with van der Waals surface area (Å²) in [5, 5.41) is 4.85. The van der Waals surface area contributed by atoms with Crippen molar-refractivity contribution < 1.29 is 22.7 Å². The number of methoxy groups -OCH3 is 2. The number of carbonyl (C=O) groups excluding carboxylic acids is 1. The number of nitrogens with zero attached hydrogens (tertiary/aromatic N) is 2. The van der Waals surface area contributed by atoms with Crippen molar-refractivity contribution in [1.29, 1.82) is 0 Å². The van der Waals surface area contributed by atoms with Crippen molar-refractivity contribution in [2.75, 3.05) is 26.1 Å². The first-order chi connectivity index (χ1) is 14.0. The van der Waals surface area contributed by atoms with E-state index in [0.717, 1.165) is 16.0 Å². The molecule has 3 heterocycles. The lowest BCUT2D eigenvalue weighted by Gasteiger charge is -2.22. The summed E-state index contributed by atoms with van der Waals surface area (Å²) in [6, 6.07) is 6.00. The highest BCUT2D eigenvalue weighted by Crippen LogP contribution is 2.39. The first-order valence-electron chi connectivity index (χ1n) is 8.83. The number of amides is 1. The van der Waals surface area contributed by atoms with Crippen molar-refractivity contribution in [3.8, 4) is 11.5 Å². The van der Waals surface area contributed by atoms with Crippen LogP contribution in [-0.2, 0) is 14.8 Å². The van der Waals surface area contributed by atoms with Crippen LogP contribution >= 0.6 is 22.7 Å². The highest BCUT2D eigenvalue weighted by molar-refractivity contribution is 7.91. The Labute approximate surface area is 176 Å². The van der Waals surface area contributed by atoms with Crippen LogP contribution in [0.1, 0.15) is 12.8 Å². The molecule has 0 spiro atoms. The Hall–Kier alpha value is -2.21. The SMILES string of the molecule is COc1ccc(OC)c2sc(NC(=O)[C@H]3CCCN3S(=O)(=O)c3cccs3)nc12. The third-order valence-corrected chi connectivity index (χ3v) is 8.97. The molecule has 0 saturated carbocycles. The zero-order chi connectivity index (χ0) is 20.6. The number of thiophene rings is 1. The van der Waals surface area contributed by atoms with Crippen molar-refractivity contribution >= 4 is 54.0 Å². The van der Waals surface area contributed by atoms with Crippen LogP contribution in [0.15, 0.2) is 33.9 Å². The van der Waals surface area contributed by atoms with Gasteiger partial charge in [0.25, 0.3) is 10.0 Å². The average molecular weight is 454 g/mol. The summed E-state index contributed by atoms with van der Waals surface area (Å²) >= 11 is 2.40. The topological polar surface area (TPSA) is 97.8 Å². The molecule has 0 unspecified atom stereocenters. The predicted octanol–water partition coefficient (Wildman–Crippen LogP) is 3.17. The van der Waals surface area contributed by atoms with E-state index in [1.54, 1.807) is 43.9 Å². The lowest BCUT2D eigenvalue weighted by atomic mass is 10.2. The Morgan fingerprint density at radius 3 is 2.69 bits per heavy atom. The minimum absolute atomic E-state index is 0.242. The highest BCUT2D eigenvalue weighted by Gasteiger charge is 2.40. The molecular weight excluding hydrogens is 434 g/mol. The Morgan fingerprint density at radius 2 is 2.00 bits per heavy atom. The van der Waals surface area contributed by atoms with Crippen molar-refractivity contribution in [3.63, 3.8) is 0 Å². The average Bonchev–Trinajstić information content (AvgIpc) is 3.47. The van der Waals surface area contributed by atoms with Gasteiger partial charge < -0.3 is 14.8 Å². The van der Waals surface area contributed by atoms with Crippen LogP contribution in [-0.4, -0.2) is 50.4 Å². The van der Waals surface area contributed by atoms with E-state index in [2.05, 4.69) is 10.3 Å². The molecule has 1 saturated heterocycles. The minimum Gasteiger partial charge on any atom is -0.495 e. The molecule has 4 rings (SSSR count). The second-order valence-electron chi connectivity index (χ2n) is 6.36. The van der Waals surface area contributed by atoms with Gasteiger partial charge in [-0.15, -0.1) is 11.3 Å². The van der Waals surface area contributed by atoms with Crippen molar-refractivity contribution in [2.45, 2.75) is 23.1 Å². The quantitative estimate of drug-likeness (QED) is 0.616. The van der Waals surface area contributed by atoms with Gasteiger partial charge in [0.05, 0.1) is 14.2 Å². The molecule has 0 aliphatic carbocycles. The molecule has 0 bridgehead atoms. The van der Waals surface area contributed by atoms with Gasteiger partial charge in [0.15, 0.2) is 5.13 Å². The van der Waals surface area contributed by atoms with E-state index in [-0.39, 0.29) is 10.1 Å². The van der Waals surface area contributed by atoms with Gasteiger partial charge in [-0.05, 0) is 36.4 Å². The number of fused-ring (bicyclic) bond motifs is 1. The van der Waals surface area contributed by atoms with E-state index in [1.165, 1.54) is 15.6 Å². The molecule has 8 nitrogen and oxygen atoms in total. The Kier molecular flexibility index (Phi) is 5.47. The monoisotopic (exact) mass is 453 g/mol. The second kappa shape index (κ2) is 7.90. The van der Waals surface area contributed by atoms with E-state index in [4.69, 9.17) is 9.47 Å². The lowest BCUT2D eigenvalue weighted by Crippen LogP contribution is -2.42. The number of rotatable bonds is 6. The van der Waals surface area contributed by atoms with Gasteiger partial charge in [0, 0.05) is 6.54 Å². The number of sulfonamides is 1. The first-order valence-corrected chi connectivity index (χ1v) is 12.0. The number of thiazole rings is 1. The summed E-state index contributed by atoms with van der Waals surface area (Å²) in [5.74, 6) is 0.807. The number of benzene rings is 1. The van der Waals surface area contributed by atoms with Gasteiger partial charge in [0.2, 0.25) is 5.91 Å². The van der Waals surface area contributed by atoms with Crippen molar-refractivity contribution in [1.82, 2.24) is 9.29 Å². The van der Waals surface area contributed by atoms with Gasteiger partial charge in [-0.2, -0.15) is 4.31 Å². The molecule has 3 aromatic rings. The summed E-state index contributed by atoms with van der Waals surface area (Å²) in [7, 11) is -0.587. The molecule has 1 fully saturated rings. The van der Waals surface area contributed by atoms with Crippen LogP contribution < -0.4 is 14.8 Å².